The van der Waals surface area contributed by atoms with Crippen LogP contribution in [0.2, 0.25) is 0 Å². The summed E-state index contributed by atoms with van der Waals surface area (Å²) in [6.45, 7) is 6.06. The summed E-state index contributed by atoms with van der Waals surface area (Å²) in [4.78, 5) is 11.8. The van der Waals surface area contributed by atoms with E-state index >= 15 is 0 Å². The third-order valence-electron chi connectivity index (χ3n) is 2.74. The first-order chi connectivity index (χ1) is 8.19. The summed E-state index contributed by atoms with van der Waals surface area (Å²) in [6.07, 6.45) is 1.45. The number of benzene rings is 1. The summed E-state index contributed by atoms with van der Waals surface area (Å²) in [5.74, 6) is -0.344. The Kier molecular flexibility index (Phi) is 4.71. The van der Waals surface area contributed by atoms with Crippen LogP contribution in [0.4, 0.5) is 0 Å². The van der Waals surface area contributed by atoms with Crippen molar-refractivity contribution in [2.45, 2.75) is 33.6 Å². The highest BCUT2D eigenvalue weighted by molar-refractivity contribution is 5.92. The van der Waals surface area contributed by atoms with Crippen LogP contribution in [0.15, 0.2) is 12.1 Å². The molecular weight excluding hydrogens is 214 g/mol. The molecule has 3 nitrogen and oxygen atoms in total. The second kappa shape index (κ2) is 6.05. The van der Waals surface area contributed by atoms with E-state index in [1.165, 1.54) is 0 Å². The number of carbonyl (C=O) groups is 1. The van der Waals surface area contributed by atoms with Gasteiger partial charge >= 0.3 is 5.97 Å². The van der Waals surface area contributed by atoms with Crippen molar-refractivity contribution < 1.29 is 9.53 Å². The fourth-order valence-corrected chi connectivity index (χ4v) is 1.90. The number of esters is 1. The smallest absolute Gasteiger partial charge is 0.338 e. The molecule has 0 unspecified atom stereocenters. The molecule has 90 valence electrons. The summed E-state index contributed by atoms with van der Waals surface area (Å²) in [7, 11) is 0. The lowest BCUT2D eigenvalue weighted by atomic mass is 9.94. The molecule has 0 atom stereocenters. The maximum atomic E-state index is 11.8. The van der Waals surface area contributed by atoms with Gasteiger partial charge in [-0.25, -0.2) is 4.79 Å². The van der Waals surface area contributed by atoms with E-state index in [0.717, 1.165) is 17.5 Å². The normalized spacial score (nSPS) is 9.76. The number of hydrogen-bond donors (Lipinski definition) is 0. The van der Waals surface area contributed by atoms with E-state index in [0.29, 0.717) is 24.2 Å². The molecule has 0 heterocycles. The minimum atomic E-state index is -0.344. The molecule has 0 saturated heterocycles. The molecule has 1 aromatic rings. The van der Waals surface area contributed by atoms with Gasteiger partial charge in [-0.2, -0.15) is 5.26 Å². The predicted molar refractivity (Wildman–Crippen MR) is 65.9 cm³/mol. The van der Waals surface area contributed by atoms with Crippen LogP contribution in [0.3, 0.4) is 0 Å². The summed E-state index contributed by atoms with van der Waals surface area (Å²) < 4.78 is 5.00. The van der Waals surface area contributed by atoms with Gasteiger partial charge in [0.1, 0.15) is 0 Å². The number of carbonyl (C=O) groups excluding carboxylic acids is 1. The second-order valence-electron chi connectivity index (χ2n) is 3.67. The van der Waals surface area contributed by atoms with E-state index in [2.05, 4.69) is 6.07 Å². The van der Waals surface area contributed by atoms with Crippen LogP contribution in [-0.4, -0.2) is 12.6 Å². The highest BCUT2D eigenvalue weighted by Gasteiger charge is 2.16. The number of nitrogens with zero attached hydrogens (tertiary/aromatic N) is 1. The molecule has 3 heteroatoms. The topological polar surface area (TPSA) is 50.1 Å². The average molecular weight is 231 g/mol. The van der Waals surface area contributed by atoms with E-state index in [4.69, 9.17) is 4.74 Å². The Morgan fingerprint density at radius 1 is 1.29 bits per heavy atom. The summed E-state index contributed by atoms with van der Waals surface area (Å²) in [5.41, 5.74) is 2.92. The Bertz CT molecular complexity index is 458. The van der Waals surface area contributed by atoms with Crippen molar-refractivity contribution in [3.63, 3.8) is 0 Å². The third-order valence-corrected chi connectivity index (χ3v) is 2.74. The van der Waals surface area contributed by atoms with E-state index < -0.39 is 0 Å². The lowest BCUT2D eigenvalue weighted by Gasteiger charge is -2.11. The second-order valence-corrected chi connectivity index (χ2v) is 3.67. The maximum Gasteiger partial charge on any atom is 0.338 e. The minimum Gasteiger partial charge on any atom is -0.462 e. The van der Waals surface area contributed by atoms with Crippen molar-refractivity contribution in [3.05, 3.63) is 34.4 Å². The molecule has 0 aliphatic rings. The fraction of sp³-hybridized carbons (Fsp3) is 0.429. The van der Waals surface area contributed by atoms with Gasteiger partial charge in [0.15, 0.2) is 0 Å². The Balaban J connectivity index is 3.34. The molecule has 0 fully saturated rings. The Labute approximate surface area is 102 Å². The zero-order valence-corrected chi connectivity index (χ0v) is 10.5. The largest absolute Gasteiger partial charge is 0.462 e. The molecule has 0 N–H and O–H groups in total. The predicted octanol–water partition coefficient (Wildman–Crippen LogP) is 2.86. The first-order valence-corrected chi connectivity index (χ1v) is 5.91. The molecule has 0 amide bonds. The number of rotatable bonds is 4. The van der Waals surface area contributed by atoms with E-state index in [-0.39, 0.29) is 5.97 Å². The molecular formula is C14H17NO2. The zero-order valence-electron chi connectivity index (χ0n) is 10.5. The molecule has 0 aliphatic heterocycles. The highest BCUT2D eigenvalue weighted by atomic mass is 16.5. The SMILES string of the molecule is CCOC(=O)c1ccc(CC)c(C#N)c1CC. The van der Waals surface area contributed by atoms with Crippen LogP contribution in [0.5, 0.6) is 0 Å². The van der Waals surface area contributed by atoms with E-state index in [1.807, 2.05) is 19.9 Å². The van der Waals surface area contributed by atoms with Gasteiger partial charge in [-0.3, -0.25) is 0 Å². The van der Waals surface area contributed by atoms with Gasteiger partial charge in [-0.05, 0) is 37.0 Å². The summed E-state index contributed by atoms with van der Waals surface area (Å²) >= 11 is 0. The lowest BCUT2D eigenvalue weighted by Crippen LogP contribution is -2.10. The molecule has 0 saturated carbocycles. The number of hydrogen-bond acceptors (Lipinski definition) is 3. The molecule has 0 aliphatic carbocycles. The number of aryl methyl sites for hydroxylation is 1. The van der Waals surface area contributed by atoms with Gasteiger partial charge in [0.25, 0.3) is 0 Å². The standard InChI is InChI=1S/C14H17NO2/c1-4-10-7-8-12(14(16)17-6-3)11(5-2)13(10)9-15/h7-8H,4-6H2,1-3H3. The Hall–Kier alpha value is -1.82. The van der Waals surface area contributed by atoms with Crippen molar-refractivity contribution in [1.82, 2.24) is 0 Å². The van der Waals surface area contributed by atoms with Crippen molar-refractivity contribution in [1.29, 1.82) is 5.26 Å². The zero-order chi connectivity index (χ0) is 12.8. The fourth-order valence-electron chi connectivity index (χ4n) is 1.90. The highest BCUT2D eigenvalue weighted by Crippen LogP contribution is 2.21. The quantitative estimate of drug-likeness (QED) is 0.749. The van der Waals surface area contributed by atoms with Crippen molar-refractivity contribution >= 4 is 5.97 Å². The third kappa shape index (κ3) is 2.65. The monoisotopic (exact) mass is 231 g/mol. The molecule has 0 spiro atoms. The van der Waals surface area contributed by atoms with Gasteiger partial charge < -0.3 is 4.74 Å². The van der Waals surface area contributed by atoms with Crippen LogP contribution >= 0.6 is 0 Å². The van der Waals surface area contributed by atoms with Gasteiger partial charge in [0, 0.05) is 0 Å². The molecule has 17 heavy (non-hydrogen) atoms. The van der Waals surface area contributed by atoms with Crippen molar-refractivity contribution in [2.24, 2.45) is 0 Å². The van der Waals surface area contributed by atoms with E-state index in [9.17, 15) is 10.1 Å². The Morgan fingerprint density at radius 3 is 2.47 bits per heavy atom. The number of ether oxygens (including phenoxy) is 1. The van der Waals surface area contributed by atoms with Crippen LogP contribution < -0.4 is 0 Å². The summed E-state index contributed by atoms with van der Waals surface area (Å²) in [6, 6.07) is 5.79. The van der Waals surface area contributed by atoms with Crippen LogP contribution in [-0.2, 0) is 17.6 Å². The van der Waals surface area contributed by atoms with Gasteiger partial charge in [0.2, 0.25) is 0 Å². The molecule has 0 bridgehead atoms. The van der Waals surface area contributed by atoms with Crippen molar-refractivity contribution in [3.8, 4) is 6.07 Å². The lowest BCUT2D eigenvalue weighted by molar-refractivity contribution is 0.0525. The van der Waals surface area contributed by atoms with Crippen LogP contribution in [0.1, 0.15) is 47.8 Å². The first kappa shape index (κ1) is 13.2. The molecule has 0 radical (unpaired) electrons. The number of nitriles is 1. The average Bonchev–Trinajstić information content (AvgIpc) is 2.36. The van der Waals surface area contributed by atoms with Crippen LogP contribution in [0, 0.1) is 11.3 Å². The summed E-state index contributed by atoms with van der Waals surface area (Å²) in [5, 5.41) is 9.20. The minimum absolute atomic E-state index is 0.344. The van der Waals surface area contributed by atoms with Crippen molar-refractivity contribution in [2.75, 3.05) is 6.61 Å². The van der Waals surface area contributed by atoms with E-state index in [1.54, 1.807) is 13.0 Å². The molecule has 1 aromatic carbocycles. The first-order valence-electron chi connectivity index (χ1n) is 5.91. The van der Waals surface area contributed by atoms with Gasteiger partial charge in [-0.15, -0.1) is 0 Å². The van der Waals surface area contributed by atoms with Gasteiger partial charge in [0.05, 0.1) is 23.8 Å². The molecule has 0 aromatic heterocycles. The van der Waals surface area contributed by atoms with Crippen LogP contribution in [0.25, 0.3) is 0 Å². The molecule has 1 rings (SSSR count). The van der Waals surface area contributed by atoms with Gasteiger partial charge in [-0.1, -0.05) is 19.9 Å². The maximum absolute atomic E-state index is 11.8. The Morgan fingerprint density at radius 2 is 2.00 bits per heavy atom.